The van der Waals surface area contributed by atoms with Crippen molar-refractivity contribution >= 4 is 28.6 Å². The zero-order valence-corrected chi connectivity index (χ0v) is 13.3. The molecule has 1 heterocycles. The zero-order chi connectivity index (χ0) is 13.8. The molecule has 0 saturated carbocycles. The van der Waals surface area contributed by atoms with Crippen LogP contribution >= 0.6 is 22.9 Å². The van der Waals surface area contributed by atoms with Crippen LogP contribution in [0.3, 0.4) is 0 Å². The van der Waals surface area contributed by atoms with Crippen LogP contribution in [-0.4, -0.2) is 13.1 Å². The number of thiophene rings is 1. The van der Waals surface area contributed by atoms with Gasteiger partial charge in [0.1, 0.15) is 0 Å². The van der Waals surface area contributed by atoms with Crippen molar-refractivity contribution in [2.24, 2.45) is 0 Å². The van der Waals surface area contributed by atoms with Crippen LogP contribution in [0.25, 0.3) is 0 Å². The quantitative estimate of drug-likeness (QED) is 0.711. The summed E-state index contributed by atoms with van der Waals surface area (Å²) in [5.41, 5.74) is 3.74. The predicted octanol–water partition coefficient (Wildman–Crippen LogP) is 4.86. The van der Waals surface area contributed by atoms with Gasteiger partial charge in [-0.25, -0.2) is 0 Å². The van der Waals surface area contributed by atoms with Crippen molar-refractivity contribution in [2.75, 3.05) is 11.9 Å². The Hall–Kier alpha value is -0.990. The van der Waals surface area contributed by atoms with Crippen LogP contribution in [0.2, 0.25) is 0 Å². The number of alkyl halides is 1. The molecule has 1 atom stereocenters. The highest BCUT2D eigenvalue weighted by molar-refractivity contribution is 7.09. The summed E-state index contributed by atoms with van der Waals surface area (Å²) in [6.07, 6.45) is 1.09. The van der Waals surface area contributed by atoms with Gasteiger partial charge >= 0.3 is 0 Å². The molecule has 0 aliphatic rings. The Morgan fingerprint density at radius 1 is 1.32 bits per heavy atom. The topological polar surface area (TPSA) is 3.24 Å². The number of likely N-dealkylation sites (N-methyl/N-ethyl adjacent to an activating group) is 1. The maximum atomic E-state index is 5.91. The Balaban J connectivity index is 2.10. The fourth-order valence-electron chi connectivity index (χ4n) is 2.16. The smallest absolute Gasteiger partial charge is 0.0476 e. The zero-order valence-electron chi connectivity index (χ0n) is 11.7. The average Bonchev–Trinajstić information content (AvgIpc) is 2.90. The van der Waals surface area contributed by atoms with Crippen molar-refractivity contribution in [1.29, 1.82) is 0 Å². The third-order valence-corrected chi connectivity index (χ3v) is 4.80. The van der Waals surface area contributed by atoms with Crippen molar-refractivity contribution in [3.05, 3.63) is 51.7 Å². The molecule has 0 aliphatic carbocycles. The van der Waals surface area contributed by atoms with E-state index in [1.165, 1.54) is 21.7 Å². The Kier molecular flexibility index (Phi) is 4.89. The number of benzene rings is 1. The number of rotatable bonds is 5. The molecular formula is C16H20ClNS. The first kappa shape index (κ1) is 14.4. The van der Waals surface area contributed by atoms with E-state index < -0.39 is 0 Å². The summed E-state index contributed by atoms with van der Waals surface area (Å²) in [6, 6.07) is 11.3. The van der Waals surface area contributed by atoms with Gasteiger partial charge in [-0.1, -0.05) is 12.1 Å². The van der Waals surface area contributed by atoms with Gasteiger partial charge in [0.15, 0.2) is 0 Å². The third-order valence-electron chi connectivity index (χ3n) is 3.62. The molecule has 0 aliphatic heterocycles. The Morgan fingerprint density at radius 2 is 2.11 bits per heavy atom. The minimum absolute atomic E-state index is 0.486. The molecule has 1 aromatic carbocycles. The van der Waals surface area contributed by atoms with Crippen LogP contribution in [0.1, 0.15) is 22.9 Å². The molecule has 0 amide bonds. The number of hydrogen-bond donors (Lipinski definition) is 0. The van der Waals surface area contributed by atoms with Crippen molar-refractivity contribution in [3.63, 3.8) is 0 Å². The Morgan fingerprint density at radius 3 is 2.68 bits per heavy atom. The maximum absolute atomic E-state index is 5.91. The summed E-state index contributed by atoms with van der Waals surface area (Å²) in [4.78, 5) is 3.78. The normalized spacial score (nSPS) is 12.4. The second-order valence-electron chi connectivity index (χ2n) is 4.99. The number of aryl methyl sites for hydroxylation is 1. The minimum Gasteiger partial charge on any atom is -0.372 e. The second-order valence-corrected chi connectivity index (χ2v) is 6.29. The molecule has 2 aromatic rings. The number of anilines is 1. The van der Waals surface area contributed by atoms with Crippen molar-refractivity contribution in [3.8, 4) is 0 Å². The van der Waals surface area contributed by atoms with Gasteiger partial charge < -0.3 is 4.90 Å². The molecule has 1 nitrogen and oxygen atoms in total. The van der Waals surface area contributed by atoms with Gasteiger partial charge in [-0.2, -0.15) is 0 Å². The molecule has 1 aromatic heterocycles. The Labute approximate surface area is 124 Å². The molecule has 0 spiro atoms. The van der Waals surface area contributed by atoms with Gasteiger partial charge in [-0.15, -0.1) is 22.9 Å². The van der Waals surface area contributed by atoms with Gasteiger partial charge in [-0.05, 0) is 48.6 Å². The van der Waals surface area contributed by atoms with Crippen LogP contribution < -0.4 is 4.90 Å². The van der Waals surface area contributed by atoms with Crippen LogP contribution in [0.4, 0.5) is 5.69 Å². The standard InChI is InChI=1S/C16H20ClNS/c1-12-9-15(7-6-14(12)11-17)18(3)13(2)10-16-5-4-8-19-16/h4-9,13H,10-11H2,1-3H3. The molecule has 102 valence electrons. The molecule has 0 N–H and O–H groups in total. The van der Waals surface area contributed by atoms with Gasteiger partial charge in [0.2, 0.25) is 0 Å². The van der Waals surface area contributed by atoms with E-state index in [-0.39, 0.29) is 0 Å². The summed E-state index contributed by atoms with van der Waals surface area (Å²) >= 11 is 7.74. The van der Waals surface area contributed by atoms with E-state index >= 15 is 0 Å². The van der Waals surface area contributed by atoms with E-state index in [9.17, 15) is 0 Å². The molecule has 2 rings (SSSR count). The van der Waals surface area contributed by atoms with Gasteiger partial charge in [0.25, 0.3) is 0 Å². The highest BCUT2D eigenvalue weighted by Crippen LogP contribution is 2.23. The average molecular weight is 294 g/mol. The van der Waals surface area contributed by atoms with E-state index in [1.807, 2.05) is 11.3 Å². The highest BCUT2D eigenvalue weighted by Gasteiger charge is 2.12. The fraction of sp³-hybridized carbons (Fsp3) is 0.375. The minimum atomic E-state index is 0.486. The number of hydrogen-bond acceptors (Lipinski definition) is 2. The van der Waals surface area contributed by atoms with Crippen LogP contribution in [0, 0.1) is 6.92 Å². The van der Waals surface area contributed by atoms with Crippen molar-refractivity contribution in [2.45, 2.75) is 32.2 Å². The lowest BCUT2D eigenvalue weighted by Gasteiger charge is -2.27. The summed E-state index contributed by atoms with van der Waals surface area (Å²) < 4.78 is 0. The van der Waals surface area contributed by atoms with Crippen molar-refractivity contribution < 1.29 is 0 Å². The van der Waals surface area contributed by atoms with E-state index in [0.29, 0.717) is 11.9 Å². The lowest BCUT2D eigenvalue weighted by atomic mass is 10.1. The molecule has 0 saturated heterocycles. The Bertz CT molecular complexity index is 522. The lowest BCUT2D eigenvalue weighted by molar-refractivity contribution is 0.688. The maximum Gasteiger partial charge on any atom is 0.0476 e. The second kappa shape index (κ2) is 6.44. The predicted molar refractivity (Wildman–Crippen MR) is 86.6 cm³/mol. The number of nitrogens with zero attached hydrogens (tertiary/aromatic N) is 1. The van der Waals surface area contributed by atoms with E-state index in [4.69, 9.17) is 11.6 Å². The highest BCUT2D eigenvalue weighted by atomic mass is 35.5. The van der Waals surface area contributed by atoms with Crippen LogP contribution in [0.5, 0.6) is 0 Å². The van der Waals surface area contributed by atoms with Crippen LogP contribution in [0.15, 0.2) is 35.7 Å². The number of halogens is 1. The summed E-state index contributed by atoms with van der Waals surface area (Å²) in [6.45, 7) is 4.39. The molecular weight excluding hydrogens is 274 g/mol. The first-order valence-corrected chi connectivity index (χ1v) is 7.94. The molecule has 0 fully saturated rings. The van der Waals surface area contributed by atoms with Crippen molar-refractivity contribution in [1.82, 2.24) is 0 Å². The summed E-state index contributed by atoms with van der Waals surface area (Å²) in [5.74, 6) is 0.584. The van der Waals surface area contributed by atoms with Gasteiger partial charge in [0.05, 0.1) is 0 Å². The van der Waals surface area contributed by atoms with Gasteiger partial charge in [-0.3, -0.25) is 0 Å². The van der Waals surface area contributed by atoms with Gasteiger partial charge in [0, 0.05) is 36.0 Å². The lowest BCUT2D eigenvalue weighted by Crippen LogP contribution is -2.30. The van der Waals surface area contributed by atoms with E-state index in [2.05, 4.69) is 61.5 Å². The summed E-state index contributed by atoms with van der Waals surface area (Å²) in [7, 11) is 2.16. The fourth-order valence-corrected chi connectivity index (χ4v) is 3.29. The summed E-state index contributed by atoms with van der Waals surface area (Å²) in [5, 5.41) is 2.14. The molecule has 1 unspecified atom stereocenters. The molecule has 3 heteroatoms. The third kappa shape index (κ3) is 3.52. The van der Waals surface area contributed by atoms with E-state index in [0.717, 1.165) is 6.42 Å². The SMILES string of the molecule is Cc1cc(N(C)C(C)Cc2cccs2)ccc1CCl. The van der Waals surface area contributed by atoms with Crippen LogP contribution in [-0.2, 0) is 12.3 Å². The largest absolute Gasteiger partial charge is 0.372 e. The van der Waals surface area contributed by atoms with E-state index in [1.54, 1.807) is 0 Å². The molecule has 0 radical (unpaired) electrons. The first-order valence-electron chi connectivity index (χ1n) is 6.52. The molecule has 19 heavy (non-hydrogen) atoms. The first-order chi connectivity index (χ1) is 9.11. The monoisotopic (exact) mass is 293 g/mol. The molecule has 0 bridgehead atoms.